The molecule has 0 bridgehead atoms. The number of hydrogen-bond acceptors (Lipinski definition) is 3. The zero-order chi connectivity index (χ0) is 9.78. The molecule has 0 fully saturated rings. The molecule has 3 nitrogen and oxygen atoms in total. The lowest BCUT2D eigenvalue weighted by Crippen LogP contribution is -2.37. The minimum atomic E-state index is -0.526. The van der Waals surface area contributed by atoms with Gasteiger partial charge in [-0.25, -0.2) is 0 Å². The first-order valence-electron chi connectivity index (χ1n) is 4.14. The molecule has 0 amide bonds. The average Bonchev–Trinajstić information content (AvgIpc) is 1.84. The van der Waals surface area contributed by atoms with Crippen LogP contribution in [0.3, 0.4) is 0 Å². The van der Waals surface area contributed by atoms with E-state index in [0.717, 1.165) is 0 Å². The van der Waals surface area contributed by atoms with E-state index < -0.39 is 11.6 Å². The van der Waals surface area contributed by atoms with Gasteiger partial charge in [0.15, 0.2) is 0 Å². The summed E-state index contributed by atoms with van der Waals surface area (Å²) in [6.45, 7) is 9.08. The largest absolute Gasteiger partial charge is 0.459 e. The van der Waals surface area contributed by atoms with Gasteiger partial charge in [-0.15, -0.1) is 0 Å². The Labute approximate surface area is 74.3 Å². The molecule has 1 radical (unpaired) electrons. The summed E-state index contributed by atoms with van der Waals surface area (Å²) in [4.78, 5) is 11.2. The van der Waals surface area contributed by atoms with Gasteiger partial charge in [0.2, 0.25) is 0 Å². The zero-order valence-electron chi connectivity index (χ0n) is 8.09. The van der Waals surface area contributed by atoms with Gasteiger partial charge >= 0.3 is 5.97 Å². The number of hydrogen-bond donors (Lipinski definition) is 1. The molecular weight excluding hydrogens is 154 g/mol. The predicted molar refractivity (Wildman–Crippen MR) is 48.4 cm³/mol. The van der Waals surface area contributed by atoms with Crippen LogP contribution >= 0.6 is 0 Å². The van der Waals surface area contributed by atoms with Gasteiger partial charge < -0.3 is 10.5 Å². The third kappa shape index (κ3) is 5.13. The van der Waals surface area contributed by atoms with Crippen LogP contribution in [0.5, 0.6) is 0 Å². The molecule has 0 rings (SSSR count). The van der Waals surface area contributed by atoms with Crippen molar-refractivity contribution >= 4 is 5.97 Å². The van der Waals surface area contributed by atoms with Gasteiger partial charge in [-0.1, -0.05) is 13.3 Å². The van der Waals surface area contributed by atoms with E-state index in [2.05, 4.69) is 6.92 Å². The van der Waals surface area contributed by atoms with Crippen LogP contribution in [0.15, 0.2) is 0 Å². The molecule has 12 heavy (non-hydrogen) atoms. The Morgan fingerprint density at radius 2 is 2.08 bits per heavy atom. The summed E-state index contributed by atoms with van der Waals surface area (Å²) in [7, 11) is 0. The third-order valence-corrected chi connectivity index (χ3v) is 1.22. The molecule has 0 aromatic heterocycles. The Hall–Kier alpha value is -0.570. The van der Waals surface area contributed by atoms with E-state index in [1.54, 1.807) is 0 Å². The number of esters is 1. The third-order valence-electron chi connectivity index (χ3n) is 1.22. The second kappa shape index (κ2) is 4.45. The highest BCUT2D eigenvalue weighted by molar-refractivity contribution is 5.75. The number of carbonyl (C=O) groups excluding carboxylic acids is 1. The molecule has 0 saturated carbocycles. The molecule has 0 aliphatic rings. The van der Waals surface area contributed by atoms with Crippen molar-refractivity contribution in [1.82, 2.24) is 0 Å². The van der Waals surface area contributed by atoms with Crippen molar-refractivity contribution in [3.05, 3.63) is 6.92 Å². The van der Waals surface area contributed by atoms with Crippen molar-refractivity contribution in [3.63, 3.8) is 0 Å². The molecule has 0 saturated heterocycles. The molecule has 0 heterocycles. The monoisotopic (exact) mass is 172 g/mol. The summed E-state index contributed by atoms with van der Waals surface area (Å²) in [5, 5.41) is 0. The second-order valence-corrected chi connectivity index (χ2v) is 3.78. The van der Waals surface area contributed by atoms with E-state index in [4.69, 9.17) is 10.5 Å². The molecule has 0 aliphatic heterocycles. The van der Waals surface area contributed by atoms with Gasteiger partial charge in [0.25, 0.3) is 0 Å². The molecule has 0 aliphatic carbocycles. The molecule has 1 unspecified atom stereocenters. The first-order valence-corrected chi connectivity index (χ1v) is 4.14. The maximum atomic E-state index is 11.2. The Bertz CT molecular complexity index is 149. The summed E-state index contributed by atoms with van der Waals surface area (Å²) >= 11 is 0. The maximum absolute atomic E-state index is 11.2. The maximum Gasteiger partial charge on any atom is 0.323 e. The van der Waals surface area contributed by atoms with Crippen LogP contribution in [0.4, 0.5) is 0 Å². The van der Waals surface area contributed by atoms with Gasteiger partial charge in [-0.05, 0) is 27.2 Å². The van der Waals surface area contributed by atoms with Crippen LogP contribution in [-0.2, 0) is 9.53 Å². The standard InChI is InChI=1S/C9H18NO2/c1-5-6-7(10)8(11)12-9(2,3)4/h7H,1,5-6,10H2,2-4H3. The van der Waals surface area contributed by atoms with Crippen molar-refractivity contribution in [2.24, 2.45) is 5.73 Å². The van der Waals surface area contributed by atoms with Crippen molar-refractivity contribution in [2.45, 2.75) is 45.3 Å². The summed E-state index contributed by atoms with van der Waals surface area (Å²) in [6, 6.07) is -0.526. The lowest BCUT2D eigenvalue weighted by Gasteiger charge is -2.21. The summed E-state index contributed by atoms with van der Waals surface area (Å²) < 4.78 is 5.06. The first-order chi connectivity index (χ1) is 5.37. The van der Waals surface area contributed by atoms with Gasteiger partial charge in [-0.3, -0.25) is 4.79 Å². The normalized spacial score (nSPS) is 14.1. The lowest BCUT2D eigenvalue weighted by molar-refractivity contribution is -0.156. The van der Waals surface area contributed by atoms with Gasteiger partial charge in [0.1, 0.15) is 11.6 Å². The van der Waals surface area contributed by atoms with Crippen LogP contribution in [0.1, 0.15) is 33.6 Å². The van der Waals surface area contributed by atoms with Crippen molar-refractivity contribution in [3.8, 4) is 0 Å². The highest BCUT2D eigenvalue weighted by Crippen LogP contribution is 2.09. The topological polar surface area (TPSA) is 52.3 Å². The average molecular weight is 172 g/mol. The second-order valence-electron chi connectivity index (χ2n) is 3.78. The highest BCUT2D eigenvalue weighted by atomic mass is 16.6. The highest BCUT2D eigenvalue weighted by Gasteiger charge is 2.20. The van der Waals surface area contributed by atoms with Crippen molar-refractivity contribution < 1.29 is 9.53 Å². The molecule has 71 valence electrons. The van der Waals surface area contributed by atoms with Crippen molar-refractivity contribution in [2.75, 3.05) is 0 Å². The van der Waals surface area contributed by atoms with E-state index in [1.165, 1.54) is 0 Å². The Kier molecular flexibility index (Phi) is 4.24. The Morgan fingerprint density at radius 1 is 1.58 bits per heavy atom. The van der Waals surface area contributed by atoms with Crippen LogP contribution in [-0.4, -0.2) is 17.6 Å². The van der Waals surface area contributed by atoms with E-state index >= 15 is 0 Å². The Morgan fingerprint density at radius 3 is 2.42 bits per heavy atom. The smallest absolute Gasteiger partial charge is 0.323 e. The molecule has 0 spiro atoms. The SMILES string of the molecule is [CH2]CCC(N)C(=O)OC(C)(C)C. The molecule has 3 heteroatoms. The number of carbonyl (C=O) groups is 1. The number of ether oxygens (including phenoxy) is 1. The quantitative estimate of drug-likeness (QED) is 0.652. The van der Waals surface area contributed by atoms with E-state index in [-0.39, 0.29) is 5.97 Å². The number of nitrogens with two attached hydrogens (primary N) is 1. The summed E-state index contributed by atoms with van der Waals surface area (Å²) in [5.41, 5.74) is 5.07. The van der Waals surface area contributed by atoms with Gasteiger partial charge in [-0.2, -0.15) is 0 Å². The minimum absolute atomic E-state index is 0.342. The molecular formula is C9H18NO2. The van der Waals surface area contributed by atoms with Crippen LogP contribution in [0.2, 0.25) is 0 Å². The van der Waals surface area contributed by atoms with Crippen LogP contribution in [0.25, 0.3) is 0 Å². The van der Waals surface area contributed by atoms with E-state index in [9.17, 15) is 4.79 Å². The van der Waals surface area contributed by atoms with Crippen LogP contribution in [0, 0.1) is 6.92 Å². The summed E-state index contributed by atoms with van der Waals surface area (Å²) in [5.74, 6) is -0.342. The Balaban J connectivity index is 3.87. The van der Waals surface area contributed by atoms with E-state index in [1.807, 2.05) is 20.8 Å². The summed E-state index contributed by atoms with van der Waals surface area (Å²) in [6.07, 6.45) is 1.23. The fourth-order valence-corrected chi connectivity index (χ4v) is 0.715. The van der Waals surface area contributed by atoms with Crippen molar-refractivity contribution in [1.29, 1.82) is 0 Å². The number of rotatable bonds is 3. The fraction of sp³-hybridized carbons (Fsp3) is 0.778. The van der Waals surface area contributed by atoms with E-state index in [0.29, 0.717) is 12.8 Å². The van der Waals surface area contributed by atoms with Gasteiger partial charge in [0.05, 0.1) is 0 Å². The minimum Gasteiger partial charge on any atom is -0.459 e. The zero-order valence-corrected chi connectivity index (χ0v) is 8.09. The molecule has 0 aromatic rings. The molecule has 0 aromatic carbocycles. The van der Waals surface area contributed by atoms with Crippen LogP contribution < -0.4 is 5.73 Å². The predicted octanol–water partition coefficient (Wildman–Crippen LogP) is 1.27. The molecule has 1 atom stereocenters. The molecule has 2 N–H and O–H groups in total. The van der Waals surface area contributed by atoms with Gasteiger partial charge in [0, 0.05) is 0 Å². The first kappa shape index (κ1) is 11.4. The fourth-order valence-electron chi connectivity index (χ4n) is 0.715. The lowest BCUT2D eigenvalue weighted by atomic mass is 10.1.